The first-order valence-electron chi connectivity index (χ1n) is 5.74. The molecule has 2 nitrogen and oxygen atoms in total. The molecule has 0 bridgehead atoms. The summed E-state index contributed by atoms with van der Waals surface area (Å²) in [4.78, 5) is 13.9. The summed E-state index contributed by atoms with van der Waals surface area (Å²) in [5.74, 6) is 0.608. The highest BCUT2D eigenvalue weighted by Crippen LogP contribution is 2.25. The molecule has 1 fully saturated rings. The summed E-state index contributed by atoms with van der Waals surface area (Å²) < 4.78 is 0. The molecule has 0 radical (unpaired) electrons. The van der Waals surface area contributed by atoms with Crippen molar-refractivity contribution in [1.82, 2.24) is 0 Å². The number of hydrogen-bond donors (Lipinski definition) is 0. The molecule has 1 aliphatic rings. The van der Waals surface area contributed by atoms with Crippen LogP contribution in [0, 0.1) is 5.92 Å². The van der Waals surface area contributed by atoms with E-state index in [1.54, 1.807) is 0 Å². The predicted octanol–water partition coefficient (Wildman–Crippen LogP) is 3.15. The van der Waals surface area contributed by atoms with E-state index in [0.717, 1.165) is 30.2 Å². The summed E-state index contributed by atoms with van der Waals surface area (Å²) in [6, 6.07) is 7.82. The molecule has 1 heterocycles. The Balaban J connectivity index is 2.03. The number of benzene rings is 1. The second kappa shape index (κ2) is 4.88. The molecule has 1 unspecified atom stereocenters. The number of rotatable bonds is 3. The van der Waals surface area contributed by atoms with E-state index in [2.05, 4.69) is 4.90 Å². The minimum atomic E-state index is 0.223. The fourth-order valence-corrected chi connectivity index (χ4v) is 2.32. The third kappa shape index (κ3) is 2.38. The van der Waals surface area contributed by atoms with Gasteiger partial charge in [-0.05, 0) is 30.7 Å². The van der Waals surface area contributed by atoms with Crippen LogP contribution in [-0.2, 0) is 4.79 Å². The number of halogens is 1. The van der Waals surface area contributed by atoms with E-state index in [-0.39, 0.29) is 5.92 Å². The highest BCUT2D eigenvalue weighted by Gasteiger charge is 2.26. The topological polar surface area (TPSA) is 20.3 Å². The van der Waals surface area contributed by atoms with E-state index in [9.17, 15) is 4.79 Å². The Morgan fingerprint density at radius 3 is 2.75 bits per heavy atom. The second-order valence-electron chi connectivity index (χ2n) is 4.23. The van der Waals surface area contributed by atoms with Gasteiger partial charge in [0.1, 0.15) is 5.78 Å². The maximum atomic E-state index is 11.6. The largest absolute Gasteiger partial charge is 0.371 e. The van der Waals surface area contributed by atoms with Crippen molar-refractivity contribution in [2.75, 3.05) is 18.0 Å². The van der Waals surface area contributed by atoms with Gasteiger partial charge in [-0.25, -0.2) is 0 Å². The van der Waals surface area contributed by atoms with Crippen LogP contribution in [-0.4, -0.2) is 18.9 Å². The average molecular weight is 238 g/mol. The smallest absolute Gasteiger partial charge is 0.137 e. The number of ketones is 1. The highest BCUT2D eigenvalue weighted by atomic mass is 35.5. The van der Waals surface area contributed by atoms with Crippen molar-refractivity contribution < 1.29 is 4.79 Å². The quantitative estimate of drug-likeness (QED) is 0.805. The van der Waals surface area contributed by atoms with Crippen LogP contribution in [0.25, 0.3) is 0 Å². The van der Waals surface area contributed by atoms with Gasteiger partial charge in [0, 0.05) is 36.1 Å². The van der Waals surface area contributed by atoms with E-state index >= 15 is 0 Å². The van der Waals surface area contributed by atoms with Gasteiger partial charge in [0.25, 0.3) is 0 Å². The molecular formula is C13H16ClNO. The molecule has 86 valence electrons. The van der Waals surface area contributed by atoms with E-state index in [1.165, 1.54) is 0 Å². The van der Waals surface area contributed by atoms with Crippen molar-refractivity contribution in [3.63, 3.8) is 0 Å². The lowest BCUT2D eigenvalue weighted by Crippen LogP contribution is -2.22. The van der Waals surface area contributed by atoms with Crippen LogP contribution in [0.3, 0.4) is 0 Å². The molecule has 0 spiro atoms. The van der Waals surface area contributed by atoms with E-state index in [0.29, 0.717) is 12.2 Å². The lowest BCUT2D eigenvalue weighted by molar-refractivity contribution is -0.121. The molecule has 1 aromatic rings. The van der Waals surface area contributed by atoms with Crippen molar-refractivity contribution in [1.29, 1.82) is 0 Å². The molecular weight excluding hydrogens is 222 g/mol. The first-order valence-corrected chi connectivity index (χ1v) is 6.11. The molecule has 16 heavy (non-hydrogen) atoms. The molecule has 0 saturated carbocycles. The molecule has 2 rings (SSSR count). The van der Waals surface area contributed by atoms with Crippen molar-refractivity contribution in [3.05, 3.63) is 29.3 Å². The van der Waals surface area contributed by atoms with Crippen molar-refractivity contribution in [2.45, 2.75) is 19.8 Å². The van der Waals surface area contributed by atoms with Gasteiger partial charge < -0.3 is 4.90 Å². The van der Waals surface area contributed by atoms with E-state index in [1.807, 2.05) is 31.2 Å². The number of hydrogen-bond acceptors (Lipinski definition) is 2. The zero-order chi connectivity index (χ0) is 11.5. The fourth-order valence-electron chi connectivity index (χ4n) is 2.20. The molecule has 1 atom stereocenters. The molecule has 1 aliphatic heterocycles. The molecule has 0 aromatic heterocycles. The Bertz CT molecular complexity index is 374. The van der Waals surface area contributed by atoms with Gasteiger partial charge >= 0.3 is 0 Å². The van der Waals surface area contributed by atoms with Gasteiger partial charge in [0.05, 0.1) is 0 Å². The lowest BCUT2D eigenvalue weighted by atomic mass is 10.0. The number of Topliss-reactive ketones (excluding diaryl/α,β-unsaturated/α-hetero) is 1. The Labute approximate surface area is 101 Å². The van der Waals surface area contributed by atoms with E-state index in [4.69, 9.17) is 11.6 Å². The van der Waals surface area contributed by atoms with Gasteiger partial charge in [-0.2, -0.15) is 0 Å². The second-order valence-corrected chi connectivity index (χ2v) is 4.66. The number of carbonyl (C=O) groups excluding carboxylic acids is 1. The first kappa shape index (κ1) is 11.5. The maximum Gasteiger partial charge on any atom is 0.137 e. The van der Waals surface area contributed by atoms with Gasteiger partial charge in [-0.3, -0.25) is 4.79 Å². The van der Waals surface area contributed by atoms with Gasteiger partial charge in [0.15, 0.2) is 0 Å². The minimum absolute atomic E-state index is 0.223. The van der Waals surface area contributed by atoms with Crippen molar-refractivity contribution >= 4 is 23.1 Å². The summed E-state index contributed by atoms with van der Waals surface area (Å²) in [5, 5.41) is 0.754. The Morgan fingerprint density at radius 2 is 2.12 bits per heavy atom. The molecule has 1 saturated heterocycles. The highest BCUT2D eigenvalue weighted by molar-refractivity contribution is 6.30. The predicted molar refractivity (Wildman–Crippen MR) is 67.1 cm³/mol. The Hall–Kier alpha value is -1.02. The van der Waals surface area contributed by atoms with Crippen LogP contribution in [0.4, 0.5) is 5.69 Å². The van der Waals surface area contributed by atoms with Crippen LogP contribution < -0.4 is 4.90 Å². The van der Waals surface area contributed by atoms with Crippen LogP contribution in [0.2, 0.25) is 5.02 Å². The Kier molecular flexibility index (Phi) is 3.49. The summed E-state index contributed by atoms with van der Waals surface area (Å²) in [7, 11) is 0. The Morgan fingerprint density at radius 1 is 1.44 bits per heavy atom. The monoisotopic (exact) mass is 237 g/mol. The summed E-state index contributed by atoms with van der Waals surface area (Å²) in [6.07, 6.45) is 1.63. The third-order valence-corrected chi connectivity index (χ3v) is 3.44. The van der Waals surface area contributed by atoms with Gasteiger partial charge in [-0.1, -0.05) is 18.5 Å². The SMILES string of the molecule is CCC(=O)C1CCN(c2ccc(Cl)cc2)C1. The number of nitrogens with zero attached hydrogens (tertiary/aromatic N) is 1. The van der Waals surface area contributed by atoms with Crippen molar-refractivity contribution in [3.8, 4) is 0 Å². The molecule has 0 aliphatic carbocycles. The molecule has 3 heteroatoms. The standard InChI is InChI=1S/C13H16ClNO/c1-2-13(16)10-7-8-15(9-10)12-5-3-11(14)4-6-12/h3-6,10H,2,7-9H2,1H3. The molecule has 1 aromatic carbocycles. The number of anilines is 1. The zero-order valence-corrected chi connectivity index (χ0v) is 10.2. The summed E-state index contributed by atoms with van der Waals surface area (Å²) in [5.41, 5.74) is 1.16. The zero-order valence-electron chi connectivity index (χ0n) is 9.45. The average Bonchev–Trinajstić information content (AvgIpc) is 2.78. The van der Waals surface area contributed by atoms with Crippen LogP contribution in [0.1, 0.15) is 19.8 Å². The van der Waals surface area contributed by atoms with Crippen LogP contribution in [0.15, 0.2) is 24.3 Å². The molecule has 0 amide bonds. The summed E-state index contributed by atoms with van der Waals surface area (Å²) in [6.45, 7) is 3.76. The lowest BCUT2D eigenvalue weighted by Gasteiger charge is -2.18. The third-order valence-electron chi connectivity index (χ3n) is 3.18. The first-order chi connectivity index (χ1) is 7.70. The van der Waals surface area contributed by atoms with Crippen molar-refractivity contribution in [2.24, 2.45) is 5.92 Å². The normalized spacial score (nSPS) is 20.1. The summed E-state index contributed by atoms with van der Waals surface area (Å²) >= 11 is 5.85. The number of carbonyl (C=O) groups is 1. The van der Waals surface area contributed by atoms with E-state index < -0.39 is 0 Å². The van der Waals surface area contributed by atoms with Gasteiger partial charge in [0.2, 0.25) is 0 Å². The van der Waals surface area contributed by atoms with Crippen LogP contribution >= 0.6 is 11.6 Å². The van der Waals surface area contributed by atoms with Gasteiger partial charge in [-0.15, -0.1) is 0 Å². The van der Waals surface area contributed by atoms with Crippen LogP contribution in [0.5, 0.6) is 0 Å². The fraction of sp³-hybridized carbons (Fsp3) is 0.462. The maximum absolute atomic E-state index is 11.6. The molecule has 0 N–H and O–H groups in total. The minimum Gasteiger partial charge on any atom is -0.371 e.